The summed E-state index contributed by atoms with van der Waals surface area (Å²) >= 11 is 0. The minimum Gasteiger partial charge on any atom is -0.352 e. The number of unbranched alkanes of at least 4 members (excludes halogenated alkanes) is 2. The molecule has 0 unspecified atom stereocenters. The monoisotopic (exact) mass is 346 g/mol. The highest BCUT2D eigenvalue weighted by Gasteiger charge is 2.14. The summed E-state index contributed by atoms with van der Waals surface area (Å²) in [6.45, 7) is 2.72. The summed E-state index contributed by atoms with van der Waals surface area (Å²) < 4.78 is 27.1. The Hall–Kier alpha value is -2.34. The van der Waals surface area contributed by atoms with Gasteiger partial charge in [-0.05, 0) is 36.8 Å². The smallest absolute Gasteiger partial charge is 0.261 e. The topological polar surface area (TPSA) is 75.3 Å². The van der Waals surface area contributed by atoms with Crippen LogP contribution in [0.4, 0.5) is 5.69 Å². The van der Waals surface area contributed by atoms with Crippen LogP contribution in [-0.4, -0.2) is 20.9 Å². The first kappa shape index (κ1) is 18.0. The first-order valence-electron chi connectivity index (χ1n) is 7.99. The summed E-state index contributed by atoms with van der Waals surface area (Å²) in [4.78, 5) is 12.3. The molecule has 0 aliphatic carbocycles. The molecule has 0 aliphatic rings. The second kappa shape index (κ2) is 8.49. The molecule has 2 aromatic carbocycles. The van der Waals surface area contributed by atoms with Crippen LogP contribution in [0.1, 0.15) is 36.5 Å². The number of anilines is 1. The number of amides is 1. The zero-order valence-corrected chi connectivity index (χ0v) is 14.5. The standard InChI is InChI=1S/C18H22N2O3S/c1-2-3-7-13-19-18(21)15-9-8-10-16(14-15)20-24(22,23)17-11-5-4-6-12-17/h4-6,8-12,14,20H,2-3,7,13H2,1H3,(H,19,21). The molecule has 5 nitrogen and oxygen atoms in total. The molecule has 128 valence electrons. The number of nitrogens with one attached hydrogen (secondary N) is 2. The lowest BCUT2D eigenvalue weighted by atomic mass is 10.2. The van der Waals surface area contributed by atoms with Gasteiger partial charge in [0.25, 0.3) is 15.9 Å². The number of benzene rings is 2. The highest BCUT2D eigenvalue weighted by Crippen LogP contribution is 2.17. The van der Waals surface area contributed by atoms with Crippen molar-refractivity contribution in [3.8, 4) is 0 Å². The van der Waals surface area contributed by atoms with Gasteiger partial charge in [-0.3, -0.25) is 9.52 Å². The molecule has 2 N–H and O–H groups in total. The third-order valence-electron chi connectivity index (χ3n) is 3.50. The van der Waals surface area contributed by atoms with Gasteiger partial charge in [-0.2, -0.15) is 0 Å². The van der Waals surface area contributed by atoms with Crippen molar-refractivity contribution < 1.29 is 13.2 Å². The summed E-state index contributed by atoms with van der Waals surface area (Å²) in [5.74, 6) is -0.202. The van der Waals surface area contributed by atoms with Crippen LogP contribution in [0.15, 0.2) is 59.5 Å². The fourth-order valence-electron chi connectivity index (χ4n) is 2.22. The molecule has 0 radical (unpaired) electrons. The van der Waals surface area contributed by atoms with Gasteiger partial charge in [0, 0.05) is 17.8 Å². The highest BCUT2D eigenvalue weighted by atomic mass is 32.2. The molecule has 0 heterocycles. The number of sulfonamides is 1. The summed E-state index contributed by atoms with van der Waals surface area (Å²) in [5.41, 5.74) is 0.792. The molecule has 6 heteroatoms. The molecule has 1 amide bonds. The van der Waals surface area contributed by atoms with E-state index in [4.69, 9.17) is 0 Å². The van der Waals surface area contributed by atoms with Crippen LogP contribution in [0.3, 0.4) is 0 Å². The third-order valence-corrected chi connectivity index (χ3v) is 4.89. The lowest BCUT2D eigenvalue weighted by molar-refractivity contribution is 0.0953. The molecule has 0 spiro atoms. The van der Waals surface area contributed by atoms with Crippen molar-refractivity contribution in [2.75, 3.05) is 11.3 Å². The maximum atomic E-state index is 12.3. The second-order valence-electron chi connectivity index (χ2n) is 5.46. The van der Waals surface area contributed by atoms with E-state index in [1.54, 1.807) is 36.4 Å². The average molecular weight is 346 g/mol. The zero-order valence-electron chi connectivity index (χ0n) is 13.7. The molecular weight excluding hydrogens is 324 g/mol. The Balaban J connectivity index is 2.06. The third kappa shape index (κ3) is 5.09. The van der Waals surface area contributed by atoms with Gasteiger partial charge in [-0.15, -0.1) is 0 Å². The molecule has 0 aliphatic heterocycles. The summed E-state index contributed by atoms with van der Waals surface area (Å²) in [7, 11) is -3.66. The molecule has 2 rings (SSSR count). The van der Waals surface area contributed by atoms with E-state index in [1.807, 2.05) is 0 Å². The fraction of sp³-hybridized carbons (Fsp3) is 0.278. The largest absolute Gasteiger partial charge is 0.352 e. The predicted octanol–water partition coefficient (Wildman–Crippen LogP) is 3.41. The molecule has 24 heavy (non-hydrogen) atoms. The van der Waals surface area contributed by atoms with Crippen molar-refractivity contribution >= 4 is 21.6 Å². The lowest BCUT2D eigenvalue weighted by Crippen LogP contribution is -2.24. The van der Waals surface area contributed by atoms with E-state index < -0.39 is 10.0 Å². The van der Waals surface area contributed by atoms with E-state index in [0.717, 1.165) is 19.3 Å². The van der Waals surface area contributed by atoms with Gasteiger partial charge in [-0.1, -0.05) is 44.0 Å². The Bertz CT molecular complexity index is 774. The number of carbonyl (C=O) groups is 1. The first-order chi connectivity index (χ1) is 11.5. The van der Waals surface area contributed by atoms with E-state index in [0.29, 0.717) is 17.8 Å². The molecule has 0 bridgehead atoms. The van der Waals surface area contributed by atoms with Gasteiger partial charge in [-0.25, -0.2) is 8.42 Å². The zero-order chi connectivity index (χ0) is 17.4. The first-order valence-corrected chi connectivity index (χ1v) is 9.47. The Morgan fingerprint density at radius 2 is 1.75 bits per heavy atom. The summed E-state index contributed by atoms with van der Waals surface area (Å²) in [6, 6.07) is 14.6. The number of hydrogen-bond donors (Lipinski definition) is 2. The van der Waals surface area contributed by atoms with Crippen molar-refractivity contribution in [1.29, 1.82) is 0 Å². The number of hydrogen-bond acceptors (Lipinski definition) is 3. The van der Waals surface area contributed by atoms with Crippen LogP contribution in [0, 0.1) is 0 Å². The Kier molecular flexibility index (Phi) is 6.37. The van der Waals surface area contributed by atoms with Gasteiger partial charge in [0.15, 0.2) is 0 Å². The average Bonchev–Trinajstić information content (AvgIpc) is 2.59. The van der Waals surface area contributed by atoms with Gasteiger partial charge >= 0.3 is 0 Å². The van der Waals surface area contributed by atoms with Crippen LogP contribution >= 0.6 is 0 Å². The van der Waals surface area contributed by atoms with Gasteiger partial charge in [0.1, 0.15) is 0 Å². The van der Waals surface area contributed by atoms with Crippen molar-refractivity contribution in [1.82, 2.24) is 5.32 Å². The Labute approximate surface area is 143 Å². The Morgan fingerprint density at radius 3 is 2.46 bits per heavy atom. The minimum absolute atomic E-state index is 0.180. The van der Waals surface area contributed by atoms with E-state index in [1.165, 1.54) is 18.2 Å². The van der Waals surface area contributed by atoms with Gasteiger partial charge in [0.2, 0.25) is 0 Å². The van der Waals surface area contributed by atoms with Gasteiger partial charge < -0.3 is 5.32 Å². The van der Waals surface area contributed by atoms with Gasteiger partial charge in [0.05, 0.1) is 4.90 Å². The lowest BCUT2D eigenvalue weighted by Gasteiger charge is -2.10. The van der Waals surface area contributed by atoms with E-state index in [-0.39, 0.29) is 10.8 Å². The summed E-state index contributed by atoms with van der Waals surface area (Å²) in [5, 5.41) is 2.84. The van der Waals surface area contributed by atoms with Crippen molar-refractivity contribution in [2.24, 2.45) is 0 Å². The fourth-order valence-corrected chi connectivity index (χ4v) is 3.29. The Morgan fingerprint density at radius 1 is 1.00 bits per heavy atom. The minimum atomic E-state index is -3.66. The van der Waals surface area contributed by atoms with Crippen LogP contribution < -0.4 is 10.0 Å². The summed E-state index contributed by atoms with van der Waals surface area (Å²) in [6.07, 6.45) is 3.09. The molecule has 0 aromatic heterocycles. The van der Waals surface area contributed by atoms with Crippen LogP contribution in [-0.2, 0) is 10.0 Å². The predicted molar refractivity (Wildman–Crippen MR) is 95.6 cm³/mol. The van der Waals surface area contributed by atoms with Crippen LogP contribution in [0.25, 0.3) is 0 Å². The van der Waals surface area contributed by atoms with Crippen molar-refractivity contribution in [3.05, 3.63) is 60.2 Å². The molecule has 0 saturated heterocycles. The quantitative estimate of drug-likeness (QED) is 0.719. The number of rotatable bonds is 8. The normalized spacial score (nSPS) is 11.0. The molecular formula is C18H22N2O3S. The van der Waals surface area contributed by atoms with Crippen LogP contribution in [0.5, 0.6) is 0 Å². The highest BCUT2D eigenvalue weighted by molar-refractivity contribution is 7.92. The van der Waals surface area contributed by atoms with Crippen LogP contribution in [0.2, 0.25) is 0 Å². The second-order valence-corrected chi connectivity index (χ2v) is 7.14. The van der Waals surface area contributed by atoms with Crippen molar-refractivity contribution in [2.45, 2.75) is 31.1 Å². The maximum Gasteiger partial charge on any atom is 0.261 e. The van der Waals surface area contributed by atoms with E-state index in [2.05, 4.69) is 17.0 Å². The van der Waals surface area contributed by atoms with E-state index in [9.17, 15) is 13.2 Å². The molecule has 0 saturated carbocycles. The van der Waals surface area contributed by atoms with Crippen molar-refractivity contribution in [3.63, 3.8) is 0 Å². The molecule has 0 fully saturated rings. The molecule has 0 atom stereocenters. The molecule has 2 aromatic rings. The number of carbonyl (C=O) groups excluding carboxylic acids is 1. The maximum absolute atomic E-state index is 12.3. The SMILES string of the molecule is CCCCCNC(=O)c1cccc(NS(=O)(=O)c2ccccc2)c1. The van der Waals surface area contributed by atoms with E-state index >= 15 is 0 Å².